The summed E-state index contributed by atoms with van der Waals surface area (Å²) in [6.07, 6.45) is 3.43. The van der Waals surface area contributed by atoms with Crippen molar-refractivity contribution >= 4 is 5.82 Å². The molecule has 0 saturated carbocycles. The van der Waals surface area contributed by atoms with Crippen LogP contribution in [0.5, 0.6) is 0 Å². The van der Waals surface area contributed by atoms with Gasteiger partial charge in [0.05, 0.1) is 0 Å². The van der Waals surface area contributed by atoms with Gasteiger partial charge in [0.2, 0.25) is 0 Å². The van der Waals surface area contributed by atoms with E-state index < -0.39 is 0 Å². The number of hydrogen-bond donors (Lipinski definition) is 2. The standard InChI is InChI=1S/C9H15N3O/c10-9-5-8(11-12-9)4-7-2-1-3-13-6-7/h5,7H,1-4,6H2,(H3,10,11,12). The van der Waals surface area contributed by atoms with Crippen molar-refractivity contribution in [3.05, 3.63) is 11.8 Å². The Morgan fingerprint density at radius 2 is 2.62 bits per heavy atom. The molecule has 4 nitrogen and oxygen atoms in total. The van der Waals surface area contributed by atoms with E-state index in [1.165, 1.54) is 12.8 Å². The summed E-state index contributed by atoms with van der Waals surface area (Å²) in [4.78, 5) is 0. The van der Waals surface area contributed by atoms with E-state index in [1.807, 2.05) is 6.07 Å². The first kappa shape index (κ1) is 8.56. The zero-order valence-electron chi connectivity index (χ0n) is 7.62. The molecule has 0 bridgehead atoms. The summed E-state index contributed by atoms with van der Waals surface area (Å²) in [7, 11) is 0. The lowest BCUT2D eigenvalue weighted by Gasteiger charge is -2.20. The molecule has 0 spiro atoms. The molecule has 13 heavy (non-hydrogen) atoms. The van der Waals surface area contributed by atoms with E-state index in [0.29, 0.717) is 11.7 Å². The smallest absolute Gasteiger partial charge is 0.145 e. The van der Waals surface area contributed by atoms with E-state index in [4.69, 9.17) is 10.5 Å². The average molecular weight is 181 g/mol. The van der Waals surface area contributed by atoms with Gasteiger partial charge >= 0.3 is 0 Å². The van der Waals surface area contributed by atoms with Crippen LogP contribution in [0, 0.1) is 5.92 Å². The molecule has 72 valence electrons. The molecule has 0 aliphatic carbocycles. The maximum atomic E-state index is 5.51. The minimum atomic E-state index is 0.576. The van der Waals surface area contributed by atoms with Gasteiger partial charge in [0, 0.05) is 25.0 Å². The number of hydrogen-bond acceptors (Lipinski definition) is 3. The van der Waals surface area contributed by atoms with Gasteiger partial charge in [0.15, 0.2) is 0 Å². The summed E-state index contributed by atoms with van der Waals surface area (Å²) in [5.41, 5.74) is 6.63. The lowest BCUT2D eigenvalue weighted by atomic mass is 9.97. The molecule has 0 aromatic carbocycles. The number of anilines is 1. The molecule has 1 unspecified atom stereocenters. The molecule has 1 aromatic rings. The molecule has 0 amide bonds. The van der Waals surface area contributed by atoms with Crippen molar-refractivity contribution in [3.63, 3.8) is 0 Å². The zero-order chi connectivity index (χ0) is 9.10. The molecular formula is C9H15N3O. The number of nitrogens with zero attached hydrogens (tertiary/aromatic N) is 1. The van der Waals surface area contributed by atoms with Crippen LogP contribution in [0.25, 0.3) is 0 Å². The molecule has 2 heterocycles. The zero-order valence-corrected chi connectivity index (χ0v) is 7.62. The molecule has 1 atom stereocenters. The van der Waals surface area contributed by atoms with Gasteiger partial charge in [-0.3, -0.25) is 5.10 Å². The predicted molar refractivity (Wildman–Crippen MR) is 50.2 cm³/mol. The van der Waals surface area contributed by atoms with Crippen LogP contribution in [-0.2, 0) is 11.2 Å². The Balaban J connectivity index is 1.89. The second-order valence-electron chi connectivity index (χ2n) is 3.61. The maximum Gasteiger partial charge on any atom is 0.145 e. The quantitative estimate of drug-likeness (QED) is 0.714. The topological polar surface area (TPSA) is 63.9 Å². The van der Waals surface area contributed by atoms with Gasteiger partial charge in [-0.25, -0.2) is 0 Å². The fraction of sp³-hybridized carbons (Fsp3) is 0.667. The van der Waals surface area contributed by atoms with E-state index in [0.717, 1.165) is 25.3 Å². The van der Waals surface area contributed by atoms with Crippen LogP contribution in [0.4, 0.5) is 5.82 Å². The summed E-state index contributed by atoms with van der Waals surface area (Å²) in [6.45, 7) is 1.79. The van der Waals surface area contributed by atoms with E-state index in [-0.39, 0.29) is 0 Å². The van der Waals surface area contributed by atoms with Crippen LogP contribution in [0.15, 0.2) is 6.07 Å². The van der Waals surface area contributed by atoms with Crippen molar-refractivity contribution in [2.24, 2.45) is 5.92 Å². The summed E-state index contributed by atoms with van der Waals surface area (Å²) in [6, 6.07) is 1.90. The van der Waals surface area contributed by atoms with E-state index in [1.54, 1.807) is 0 Å². The normalized spacial score (nSPS) is 23.2. The Hall–Kier alpha value is -1.03. The highest BCUT2D eigenvalue weighted by molar-refractivity contribution is 5.28. The summed E-state index contributed by atoms with van der Waals surface area (Å²) in [5, 5.41) is 6.82. The molecule has 0 radical (unpaired) electrons. The van der Waals surface area contributed by atoms with Crippen LogP contribution >= 0.6 is 0 Å². The molecule has 1 saturated heterocycles. The molecule has 4 heteroatoms. The van der Waals surface area contributed by atoms with Crippen LogP contribution in [0.3, 0.4) is 0 Å². The first-order valence-corrected chi connectivity index (χ1v) is 4.72. The highest BCUT2D eigenvalue weighted by atomic mass is 16.5. The number of rotatable bonds is 2. The Morgan fingerprint density at radius 1 is 1.69 bits per heavy atom. The fourth-order valence-corrected chi connectivity index (χ4v) is 1.76. The van der Waals surface area contributed by atoms with E-state index >= 15 is 0 Å². The number of nitrogen functional groups attached to an aromatic ring is 1. The number of aromatic amines is 1. The summed E-state index contributed by atoms with van der Waals surface area (Å²) in [5.74, 6) is 1.21. The Kier molecular flexibility index (Phi) is 2.49. The third-order valence-corrected chi connectivity index (χ3v) is 2.41. The van der Waals surface area contributed by atoms with Crippen molar-refractivity contribution in [2.45, 2.75) is 19.3 Å². The van der Waals surface area contributed by atoms with Crippen LogP contribution in [0.2, 0.25) is 0 Å². The Bertz CT molecular complexity index is 266. The lowest BCUT2D eigenvalue weighted by molar-refractivity contribution is 0.0547. The summed E-state index contributed by atoms with van der Waals surface area (Å²) >= 11 is 0. The van der Waals surface area contributed by atoms with Crippen molar-refractivity contribution in [1.29, 1.82) is 0 Å². The van der Waals surface area contributed by atoms with Gasteiger partial charge < -0.3 is 10.5 Å². The average Bonchev–Trinajstić information content (AvgIpc) is 2.53. The molecule has 1 aromatic heterocycles. The predicted octanol–water partition coefficient (Wildman–Crippen LogP) is 0.961. The van der Waals surface area contributed by atoms with Crippen LogP contribution in [0.1, 0.15) is 18.5 Å². The molecule has 3 N–H and O–H groups in total. The van der Waals surface area contributed by atoms with Gasteiger partial charge in [-0.15, -0.1) is 0 Å². The first-order valence-electron chi connectivity index (χ1n) is 4.72. The summed E-state index contributed by atoms with van der Waals surface area (Å²) < 4.78 is 5.40. The molecular weight excluding hydrogens is 166 g/mol. The Morgan fingerprint density at radius 3 is 3.23 bits per heavy atom. The monoisotopic (exact) mass is 181 g/mol. The Labute approximate surface area is 77.5 Å². The van der Waals surface area contributed by atoms with Gasteiger partial charge in [-0.2, -0.15) is 5.10 Å². The highest BCUT2D eigenvalue weighted by Crippen LogP contribution is 2.18. The number of ether oxygens (including phenoxy) is 1. The number of nitrogens with one attached hydrogen (secondary N) is 1. The molecule has 1 fully saturated rings. The van der Waals surface area contributed by atoms with Gasteiger partial charge in [-0.1, -0.05) is 0 Å². The van der Waals surface area contributed by atoms with E-state index in [9.17, 15) is 0 Å². The first-order chi connectivity index (χ1) is 6.34. The number of H-pyrrole nitrogens is 1. The second-order valence-corrected chi connectivity index (χ2v) is 3.61. The van der Waals surface area contributed by atoms with Crippen molar-refractivity contribution in [1.82, 2.24) is 10.2 Å². The van der Waals surface area contributed by atoms with Crippen LogP contribution < -0.4 is 5.73 Å². The highest BCUT2D eigenvalue weighted by Gasteiger charge is 2.15. The molecule has 1 aliphatic heterocycles. The van der Waals surface area contributed by atoms with Gasteiger partial charge in [0.1, 0.15) is 5.82 Å². The molecule has 1 aliphatic rings. The van der Waals surface area contributed by atoms with Gasteiger partial charge in [0.25, 0.3) is 0 Å². The molecule has 2 rings (SSSR count). The fourth-order valence-electron chi connectivity index (χ4n) is 1.76. The van der Waals surface area contributed by atoms with Crippen molar-refractivity contribution in [3.8, 4) is 0 Å². The van der Waals surface area contributed by atoms with Crippen molar-refractivity contribution in [2.75, 3.05) is 18.9 Å². The lowest BCUT2D eigenvalue weighted by Crippen LogP contribution is -2.19. The second kappa shape index (κ2) is 3.79. The largest absolute Gasteiger partial charge is 0.382 e. The maximum absolute atomic E-state index is 5.51. The SMILES string of the molecule is Nc1cc(CC2CCCOC2)[nH]n1. The van der Waals surface area contributed by atoms with Crippen LogP contribution in [-0.4, -0.2) is 23.4 Å². The van der Waals surface area contributed by atoms with Crippen molar-refractivity contribution < 1.29 is 4.74 Å². The van der Waals surface area contributed by atoms with E-state index in [2.05, 4.69) is 10.2 Å². The number of nitrogens with two attached hydrogens (primary N) is 1. The minimum absolute atomic E-state index is 0.576. The number of aromatic nitrogens is 2. The third kappa shape index (κ3) is 2.21. The van der Waals surface area contributed by atoms with Gasteiger partial charge in [-0.05, 0) is 25.2 Å². The minimum Gasteiger partial charge on any atom is -0.382 e. The third-order valence-electron chi connectivity index (χ3n) is 2.41.